The summed E-state index contributed by atoms with van der Waals surface area (Å²) in [4.78, 5) is 17.2. The van der Waals surface area contributed by atoms with E-state index >= 15 is 0 Å². The second-order valence-electron chi connectivity index (χ2n) is 3.16. The average molecular weight is 240 g/mol. The van der Waals surface area contributed by atoms with Crippen LogP contribution in [0.5, 0.6) is 0 Å². The zero-order valence-electron chi connectivity index (χ0n) is 8.25. The Balaban J connectivity index is 2.61. The zero-order chi connectivity index (χ0) is 11.5. The van der Waals surface area contributed by atoms with E-state index in [2.05, 4.69) is 0 Å². The zero-order valence-corrected chi connectivity index (χ0v) is 9.14. The predicted octanol–water partition coefficient (Wildman–Crippen LogP) is 0.820. The molecule has 2 N–H and O–H groups in total. The van der Waals surface area contributed by atoms with E-state index in [1.807, 2.05) is 0 Å². The second-order valence-corrected chi connectivity index (χ2v) is 4.64. The molecule has 0 aromatic rings. The van der Waals surface area contributed by atoms with Crippen molar-refractivity contribution in [2.45, 2.75) is 25.3 Å². The van der Waals surface area contributed by atoms with Gasteiger partial charge in [0.2, 0.25) is 0 Å². The standard InChI is InChI=1S/C8H14FO5P/c1-2-13-8-6(9)5-14-7(8)3-4-15(10,11)12/h3-4,6-8H,2,5H2,1H3,(H2,10,11,12)/b4-3+/t6-,7+,8-/m0/s1. The van der Waals surface area contributed by atoms with Gasteiger partial charge in [0, 0.05) is 12.4 Å². The molecule has 0 amide bonds. The monoisotopic (exact) mass is 240 g/mol. The van der Waals surface area contributed by atoms with Gasteiger partial charge < -0.3 is 19.3 Å². The molecule has 1 rings (SSSR count). The Kier molecular flexibility index (Phi) is 4.43. The number of halogens is 1. The first-order chi connectivity index (χ1) is 6.94. The number of ether oxygens (including phenoxy) is 2. The van der Waals surface area contributed by atoms with Crippen LogP contribution in [0.1, 0.15) is 6.92 Å². The first kappa shape index (κ1) is 12.8. The normalized spacial score (nSPS) is 32.7. The highest BCUT2D eigenvalue weighted by atomic mass is 31.2. The van der Waals surface area contributed by atoms with E-state index in [9.17, 15) is 8.96 Å². The van der Waals surface area contributed by atoms with Gasteiger partial charge >= 0.3 is 7.60 Å². The fourth-order valence-electron chi connectivity index (χ4n) is 1.35. The maximum absolute atomic E-state index is 13.2. The quantitative estimate of drug-likeness (QED) is 0.711. The van der Waals surface area contributed by atoms with Gasteiger partial charge in [0.1, 0.15) is 12.2 Å². The van der Waals surface area contributed by atoms with Crippen LogP contribution in [-0.4, -0.2) is 41.4 Å². The molecule has 1 fully saturated rings. The summed E-state index contributed by atoms with van der Waals surface area (Å²) in [5.74, 6) is 0.710. The molecule has 5 nitrogen and oxygen atoms in total. The highest BCUT2D eigenvalue weighted by Crippen LogP contribution is 2.37. The largest absolute Gasteiger partial charge is 0.372 e. The Hall–Kier alpha value is -0.260. The Morgan fingerprint density at radius 2 is 2.33 bits per heavy atom. The number of hydrogen-bond donors (Lipinski definition) is 2. The molecule has 0 aromatic carbocycles. The van der Waals surface area contributed by atoms with Gasteiger partial charge in [0.25, 0.3) is 0 Å². The Morgan fingerprint density at radius 3 is 2.87 bits per heavy atom. The van der Waals surface area contributed by atoms with Crippen LogP contribution in [0.4, 0.5) is 4.39 Å². The first-order valence-corrected chi connectivity index (χ1v) is 6.24. The number of hydrogen-bond acceptors (Lipinski definition) is 3. The molecule has 1 saturated heterocycles. The molecule has 88 valence electrons. The lowest BCUT2D eigenvalue weighted by Crippen LogP contribution is -2.29. The Bertz CT molecular complexity index is 276. The first-order valence-electron chi connectivity index (χ1n) is 4.56. The molecule has 0 aromatic heterocycles. The average Bonchev–Trinajstić information content (AvgIpc) is 2.45. The van der Waals surface area contributed by atoms with Gasteiger partial charge in [-0.25, -0.2) is 4.39 Å². The summed E-state index contributed by atoms with van der Waals surface area (Å²) < 4.78 is 33.8. The molecule has 0 unspecified atom stereocenters. The minimum Gasteiger partial charge on any atom is -0.372 e. The molecule has 15 heavy (non-hydrogen) atoms. The topological polar surface area (TPSA) is 76.0 Å². The summed E-state index contributed by atoms with van der Waals surface area (Å²) in [6.07, 6.45) is -1.61. The van der Waals surface area contributed by atoms with Crippen molar-refractivity contribution in [3.8, 4) is 0 Å². The highest BCUT2D eigenvalue weighted by molar-refractivity contribution is 7.55. The minimum absolute atomic E-state index is 0.110. The predicted molar refractivity (Wildman–Crippen MR) is 51.2 cm³/mol. The van der Waals surface area contributed by atoms with Crippen LogP contribution in [0.25, 0.3) is 0 Å². The SMILES string of the molecule is CCO[C@H]1[C@@H](F)CO[C@@H]1/C=C/P(=O)(O)O. The molecule has 1 aliphatic heterocycles. The van der Waals surface area contributed by atoms with Crippen LogP contribution in [0, 0.1) is 0 Å². The van der Waals surface area contributed by atoms with Crippen LogP contribution in [0.15, 0.2) is 11.9 Å². The van der Waals surface area contributed by atoms with Crippen molar-refractivity contribution in [3.05, 3.63) is 11.9 Å². The van der Waals surface area contributed by atoms with Gasteiger partial charge in [-0.05, 0) is 13.0 Å². The molecule has 1 heterocycles. The van der Waals surface area contributed by atoms with Crippen LogP contribution >= 0.6 is 7.60 Å². The lowest BCUT2D eigenvalue weighted by Gasteiger charge is -2.16. The fourth-order valence-corrected chi connectivity index (χ4v) is 1.75. The molecular weight excluding hydrogens is 226 g/mol. The molecule has 7 heteroatoms. The maximum Gasteiger partial charge on any atom is 0.348 e. The third-order valence-corrected chi connectivity index (χ3v) is 2.52. The van der Waals surface area contributed by atoms with E-state index in [1.54, 1.807) is 6.92 Å². The molecule has 0 saturated carbocycles. The van der Waals surface area contributed by atoms with Crippen molar-refractivity contribution in [2.75, 3.05) is 13.2 Å². The third-order valence-electron chi connectivity index (χ3n) is 1.96. The summed E-state index contributed by atoms with van der Waals surface area (Å²) in [5.41, 5.74) is 0. The minimum atomic E-state index is -4.22. The van der Waals surface area contributed by atoms with Crippen molar-refractivity contribution in [3.63, 3.8) is 0 Å². The summed E-state index contributed by atoms with van der Waals surface area (Å²) >= 11 is 0. The van der Waals surface area contributed by atoms with Crippen molar-refractivity contribution < 1.29 is 28.2 Å². The Labute approximate surface area is 87.0 Å². The van der Waals surface area contributed by atoms with E-state index in [0.29, 0.717) is 12.4 Å². The third kappa shape index (κ3) is 4.01. The van der Waals surface area contributed by atoms with E-state index in [1.165, 1.54) is 0 Å². The van der Waals surface area contributed by atoms with Crippen molar-refractivity contribution in [2.24, 2.45) is 0 Å². The summed E-state index contributed by atoms with van der Waals surface area (Å²) in [5, 5.41) is 0. The Morgan fingerprint density at radius 1 is 1.67 bits per heavy atom. The van der Waals surface area contributed by atoms with Crippen molar-refractivity contribution in [1.29, 1.82) is 0 Å². The van der Waals surface area contributed by atoms with Gasteiger partial charge in [-0.1, -0.05) is 0 Å². The highest BCUT2D eigenvalue weighted by Gasteiger charge is 2.36. The molecule has 0 spiro atoms. The van der Waals surface area contributed by atoms with Crippen molar-refractivity contribution >= 4 is 7.60 Å². The molecule has 1 aliphatic rings. The van der Waals surface area contributed by atoms with Gasteiger partial charge in [-0.15, -0.1) is 0 Å². The van der Waals surface area contributed by atoms with Gasteiger partial charge in [0.15, 0.2) is 6.17 Å². The molecular formula is C8H14FO5P. The van der Waals surface area contributed by atoms with E-state index in [4.69, 9.17) is 19.3 Å². The lowest BCUT2D eigenvalue weighted by molar-refractivity contribution is 0.00121. The lowest BCUT2D eigenvalue weighted by atomic mass is 10.1. The van der Waals surface area contributed by atoms with E-state index in [0.717, 1.165) is 6.08 Å². The van der Waals surface area contributed by atoms with Gasteiger partial charge in [-0.3, -0.25) is 4.57 Å². The number of alkyl halides is 1. The summed E-state index contributed by atoms with van der Waals surface area (Å²) in [6, 6.07) is 0. The molecule has 3 atom stereocenters. The van der Waals surface area contributed by atoms with Gasteiger partial charge in [0.05, 0.1) is 6.61 Å². The fraction of sp³-hybridized carbons (Fsp3) is 0.750. The summed E-state index contributed by atoms with van der Waals surface area (Å²) in [7, 11) is -4.22. The summed E-state index contributed by atoms with van der Waals surface area (Å²) in [6.45, 7) is 1.93. The second kappa shape index (κ2) is 5.18. The molecule has 0 aliphatic carbocycles. The van der Waals surface area contributed by atoms with Crippen LogP contribution in [0.3, 0.4) is 0 Å². The van der Waals surface area contributed by atoms with Crippen molar-refractivity contribution in [1.82, 2.24) is 0 Å². The van der Waals surface area contributed by atoms with E-state index in [-0.39, 0.29) is 6.61 Å². The van der Waals surface area contributed by atoms with Crippen LogP contribution in [-0.2, 0) is 14.0 Å². The molecule has 0 radical (unpaired) electrons. The van der Waals surface area contributed by atoms with Gasteiger partial charge in [-0.2, -0.15) is 0 Å². The number of rotatable bonds is 4. The van der Waals surface area contributed by atoms with Crippen LogP contribution in [0.2, 0.25) is 0 Å². The maximum atomic E-state index is 13.2. The van der Waals surface area contributed by atoms with E-state index < -0.39 is 26.0 Å². The smallest absolute Gasteiger partial charge is 0.348 e. The van der Waals surface area contributed by atoms with Crippen LogP contribution < -0.4 is 0 Å². The molecule has 0 bridgehead atoms.